The molecule has 0 bridgehead atoms. The van der Waals surface area contributed by atoms with Gasteiger partial charge >= 0.3 is 0 Å². The van der Waals surface area contributed by atoms with Crippen molar-refractivity contribution in [3.63, 3.8) is 0 Å². The molecule has 0 amide bonds. The van der Waals surface area contributed by atoms with Gasteiger partial charge < -0.3 is 0 Å². The van der Waals surface area contributed by atoms with Gasteiger partial charge in [-0.1, -0.05) is 34.8 Å². The normalized spacial score (nSPS) is 11.4. The van der Waals surface area contributed by atoms with Crippen molar-refractivity contribution >= 4 is 62.3 Å². The molecule has 0 spiro atoms. The number of anilines is 1. The molecule has 0 fully saturated rings. The second-order valence-electron chi connectivity index (χ2n) is 4.06. The highest BCUT2D eigenvalue weighted by molar-refractivity contribution is 7.99. The maximum absolute atomic E-state index is 12.5. The van der Waals surface area contributed by atoms with Crippen LogP contribution in [0.15, 0.2) is 46.2 Å². The van der Waals surface area contributed by atoms with Crippen molar-refractivity contribution in [2.75, 3.05) is 11.0 Å². The Kier molecular flexibility index (Phi) is 5.33. The molecule has 0 saturated carbocycles. The Morgan fingerprint density at radius 2 is 1.57 bits per heavy atom. The van der Waals surface area contributed by atoms with Gasteiger partial charge in [-0.2, -0.15) is 0 Å². The van der Waals surface area contributed by atoms with E-state index in [9.17, 15) is 8.42 Å². The molecule has 0 unspecified atom stereocenters. The first kappa shape index (κ1) is 16.8. The first-order chi connectivity index (χ1) is 9.81. The standard InChI is InChI=1S/C13H10Cl3NO2S2/c1-20-12-3-2-8(14)7-13(12)21(18,19)17-11-5-9(15)4-10(16)6-11/h2-7,17H,1H3. The van der Waals surface area contributed by atoms with Crippen LogP contribution in [0.25, 0.3) is 0 Å². The molecule has 0 aromatic heterocycles. The highest BCUT2D eigenvalue weighted by Gasteiger charge is 2.19. The van der Waals surface area contributed by atoms with Crippen LogP contribution in [-0.2, 0) is 10.0 Å². The molecule has 1 N–H and O–H groups in total. The van der Waals surface area contributed by atoms with Crippen LogP contribution >= 0.6 is 46.6 Å². The Hall–Kier alpha value is -0.590. The fourth-order valence-corrected chi connectivity index (χ4v) is 4.64. The molecule has 0 aliphatic heterocycles. The van der Waals surface area contributed by atoms with Crippen LogP contribution in [-0.4, -0.2) is 14.7 Å². The van der Waals surface area contributed by atoms with E-state index in [0.29, 0.717) is 25.7 Å². The summed E-state index contributed by atoms with van der Waals surface area (Å²) in [5.74, 6) is 0. The van der Waals surface area contributed by atoms with Crippen molar-refractivity contribution in [3.05, 3.63) is 51.5 Å². The van der Waals surface area contributed by atoms with Gasteiger partial charge in [-0.15, -0.1) is 11.8 Å². The van der Waals surface area contributed by atoms with Gasteiger partial charge in [0.2, 0.25) is 0 Å². The van der Waals surface area contributed by atoms with Crippen molar-refractivity contribution in [2.45, 2.75) is 9.79 Å². The summed E-state index contributed by atoms with van der Waals surface area (Å²) >= 11 is 18.9. The number of hydrogen-bond donors (Lipinski definition) is 1. The lowest BCUT2D eigenvalue weighted by Gasteiger charge is -2.12. The molecular weight excluding hydrogens is 373 g/mol. The molecule has 3 nitrogen and oxygen atoms in total. The Labute approximate surface area is 142 Å². The second kappa shape index (κ2) is 6.67. The number of rotatable bonds is 4. The third-order valence-electron chi connectivity index (χ3n) is 2.53. The molecule has 0 saturated heterocycles. The number of thioether (sulfide) groups is 1. The van der Waals surface area contributed by atoms with Crippen molar-refractivity contribution in [1.29, 1.82) is 0 Å². The predicted molar refractivity (Wildman–Crippen MR) is 90.5 cm³/mol. The Bertz CT molecular complexity index is 759. The fraction of sp³-hybridized carbons (Fsp3) is 0.0769. The van der Waals surface area contributed by atoms with E-state index in [-0.39, 0.29) is 4.90 Å². The Morgan fingerprint density at radius 3 is 2.14 bits per heavy atom. The molecule has 21 heavy (non-hydrogen) atoms. The van der Waals surface area contributed by atoms with Gasteiger partial charge in [0.1, 0.15) is 4.90 Å². The van der Waals surface area contributed by atoms with E-state index >= 15 is 0 Å². The number of nitrogens with one attached hydrogen (secondary N) is 1. The molecule has 0 aliphatic carbocycles. The number of benzene rings is 2. The van der Waals surface area contributed by atoms with E-state index in [4.69, 9.17) is 34.8 Å². The minimum Gasteiger partial charge on any atom is -0.279 e. The lowest BCUT2D eigenvalue weighted by molar-refractivity contribution is 0.599. The monoisotopic (exact) mass is 381 g/mol. The van der Waals surface area contributed by atoms with Crippen LogP contribution in [0.1, 0.15) is 0 Å². The van der Waals surface area contributed by atoms with Crippen LogP contribution in [0, 0.1) is 0 Å². The zero-order valence-electron chi connectivity index (χ0n) is 10.7. The first-order valence-electron chi connectivity index (χ1n) is 5.64. The Balaban J connectivity index is 2.45. The Morgan fingerprint density at radius 1 is 0.952 bits per heavy atom. The minimum absolute atomic E-state index is 0.110. The average molecular weight is 383 g/mol. The van der Waals surface area contributed by atoms with E-state index in [2.05, 4.69) is 4.72 Å². The fourth-order valence-electron chi connectivity index (χ4n) is 1.68. The van der Waals surface area contributed by atoms with Crippen molar-refractivity contribution < 1.29 is 8.42 Å². The van der Waals surface area contributed by atoms with Crippen molar-refractivity contribution in [1.82, 2.24) is 0 Å². The van der Waals surface area contributed by atoms with Crippen LogP contribution in [0.2, 0.25) is 15.1 Å². The summed E-state index contributed by atoms with van der Waals surface area (Å²) in [6.45, 7) is 0. The molecule has 8 heteroatoms. The van der Waals surface area contributed by atoms with Gasteiger partial charge in [0, 0.05) is 20.0 Å². The van der Waals surface area contributed by atoms with Crippen LogP contribution < -0.4 is 4.72 Å². The zero-order valence-corrected chi connectivity index (χ0v) is 14.6. The van der Waals surface area contributed by atoms with E-state index in [1.807, 2.05) is 0 Å². The van der Waals surface area contributed by atoms with E-state index < -0.39 is 10.0 Å². The molecule has 0 atom stereocenters. The van der Waals surface area contributed by atoms with Crippen LogP contribution in [0.5, 0.6) is 0 Å². The predicted octanol–water partition coefficient (Wildman–Crippen LogP) is 5.17. The molecule has 112 valence electrons. The topological polar surface area (TPSA) is 46.2 Å². The summed E-state index contributed by atoms with van der Waals surface area (Å²) < 4.78 is 27.4. The summed E-state index contributed by atoms with van der Waals surface area (Å²) in [5.41, 5.74) is 0.291. The first-order valence-corrected chi connectivity index (χ1v) is 9.48. The number of sulfonamides is 1. The minimum atomic E-state index is -3.78. The summed E-state index contributed by atoms with van der Waals surface area (Å²) in [6, 6.07) is 9.19. The molecule has 2 rings (SSSR count). The van der Waals surface area contributed by atoms with Gasteiger partial charge in [-0.3, -0.25) is 4.72 Å². The zero-order chi connectivity index (χ0) is 15.6. The third-order valence-corrected chi connectivity index (χ3v) is 5.55. The molecule has 0 aliphatic rings. The summed E-state index contributed by atoms with van der Waals surface area (Å²) in [6.07, 6.45) is 1.79. The van der Waals surface area contributed by atoms with E-state index in [0.717, 1.165) is 0 Å². The lowest BCUT2D eigenvalue weighted by atomic mass is 10.3. The average Bonchev–Trinajstić information content (AvgIpc) is 2.36. The highest BCUT2D eigenvalue weighted by Crippen LogP contribution is 2.30. The van der Waals surface area contributed by atoms with E-state index in [1.165, 1.54) is 36.0 Å². The SMILES string of the molecule is CSc1ccc(Cl)cc1S(=O)(=O)Nc1cc(Cl)cc(Cl)c1. The van der Waals surface area contributed by atoms with Gasteiger partial charge in [0.25, 0.3) is 10.0 Å². The van der Waals surface area contributed by atoms with E-state index in [1.54, 1.807) is 18.4 Å². The van der Waals surface area contributed by atoms with Crippen molar-refractivity contribution in [2.24, 2.45) is 0 Å². The largest absolute Gasteiger partial charge is 0.279 e. The van der Waals surface area contributed by atoms with Gasteiger partial charge in [-0.25, -0.2) is 8.42 Å². The third kappa shape index (κ3) is 4.20. The van der Waals surface area contributed by atoms with Crippen molar-refractivity contribution in [3.8, 4) is 0 Å². The summed E-state index contributed by atoms with van der Waals surface area (Å²) in [7, 11) is -3.78. The molecule has 2 aromatic carbocycles. The quantitative estimate of drug-likeness (QED) is 0.742. The van der Waals surface area contributed by atoms with Crippen LogP contribution in [0.3, 0.4) is 0 Å². The molecule has 2 aromatic rings. The molecular formula is C13H10Cl3NO2S2. The lowest BCUT2D eigenvalue weighted by Crippen LogP contribution is -2.14. The van der Waals surface area contributed by atoms with Gasteiger partial charge in [-0.05, 0) is 42.7 Å². The maximum atomic E-state index is 12.5. The number of hydrogen-bond acceptors (Lipinski definition) is 3. The second-order valence-corrected chi connectivity index (χ2v) is 7.87. The highest BCUT2D eigenvalue weighted by atomic mass is 35.5. The molecule has 0 heterocycles. The van der Waals surface area contributed by atoms with Crippen LogP contribution in [0.4, 0.5) is 5.69 Å². The smallest absolute Gasteiger partial charge is 0.263 e. The van der Waals surface area contributed by atoms with Gasteiger partial charge in [0.05, 0.1) is 5.69 Å². The van der Waals surface area contributed by atoms with Gasteiger partial charge in [0.15, 0.2) is 0 Å². The summed E-state index contributed by atoms with van der Waals surface area (Å²) in [4.78, 5) is 0.707. The molecule has 0 radical (unpaired) electrons. The number of halogens is 3. The summed E-state index contributed by atoms with van der Waals surface area (Å²) in [5, 5.41) is 1.03. The maximum Gasteiger partial charge on any atom is 0.263 e.